The number of hydrogen-bond donors (Lipinski definition) is 2. The van der Waals surface area contributed by atoms with Crippen LogP contribution in [0.5, 0.6) is 0 Å². The van der Waals surface area contributed by atoms with E-state index in [1.165, 1.54) is 6.92 Å². The molecule has 4 heteroatoms. The van der Waals surface area contributed by atoms with Crippen LogP contribution in [-0.4, -0.2) is 24.7 Å². The first-order chi connectivity index (χ1) is 8.37. The van der Waals surface area contributed by atoms with Crippen LogP contribution in [0.3, 0.4) is 0 Å². The second kappa shape index (κ2) is 6.40. The predicted octanol–water partition coefficient (Wildman–Crippen LogP) is 2.87. The van der Waals surface area contributed by atoms with Crippen LogP contribution in [0.1, 0.15) is 27.7 Å². The zero-order chi connectivity index (χ0) is 13.6. The van der Waals surface area contributed by atoms with Gasteiger partial charge in [0.05, 0.1) is 12.2 Å². The van der Waals surface area contributed by atoms with Gasteiger partial charge in [-0.25, -0.2) is 0 Å². The lowest BCUT2D eigenvalue weighted by molar-refractivity contribution is -0.114. The van der Waals surface area contributed by atoms with E-state index >= 15 is 0 Å². The lowest BCUT2D eigenvalue weighted by Crippen LogP contribution is -2.23. The van der Waals surface area contributed by atoms with Crippen LogP contribution >= 0.6 is 0 Å². The highest BCUT2D eigenvalue weighted by molar-refractivity contribution is 5.88. The molecule has 4 nitrogen and oxygen atoms in total. The highest BCUT2D eigenvalue weighted by Gasteiger charge is 2.08. The van der Waals surface area contributed by atoms with Crippen LogP contribution in [0.15, 0.2) is 24.3 Å². The van der Waals surface area contributed by atoms with Gasteiger partial charge in [-0.1, -0.05) is 0 Å². The van der Waals surface area contributed by atoms with E-state index in [0.717, 1.165) is 17.9 Å². The molecule has 1 aromatic rings. The van der Waals surface area contributed by atoms with E-state index in [2.05, 4.69) is 10.6 Å². The Kier molecular flexibility index (Phi) is 5.16. The van der Waals surface area contributed by atoms with Crippen molar-refractivity contribution in [1.29, 1.82) is 0 Å². The van der Waals surface area contributed by atoms with Gasteiger partial charge in [-0.3, -0.25) is 4.79 Å². The van der Waals surface area contributed by atoms with Gasteiger partial charge in [0.2, 0.25) is 5.91 Å². The minimum absolute atomic E-state index is 0.0608. The molecule has 0 unspecified atom stereocenters. The third kappa shape index (κ3) is 6.25. The average Bonchev–Trinajstić information content (AvgIpc) is 2.24. The maximum absolute atomic E-state index is 10.9. The Morgan fingerprint density at radius 1 is 1.17 bits per heavy atom. The number of amides is 1. The lowest BCUT2D eigenvalue weighted by Gasteiger charge is -2.19. The zero-order valence-corrected chi connectivity index (χ0v) is 11.5. The molecule has 18 heavy (non-hydrogen) atoms. The summed E-state index contributed by atoms with van der Waals surface area (Å²) in [6.07, 6.45) is 0. The third-order valence-corrected chi connectivity index (χ3v) is 2.17. The fourth-order valence-corrected chi connectivity index (χ4v) is 1.43. The molecule has 1 aromatic carbocycles. The van der Waals surface area contributed by atoms with Gasteiger partial charge in [0.15, 0.2) is 0 Å². The number of benzene rings is 1. The maximum atomic E-state index is 10.9. The first kappa shape index (κ1) is 14.5. The fourth-order valence-electron chi connectivity index (χ4n) is 1.43. The van der Waals surface area contributed by atoms with Gasteiger partial charge in [0.1, 0.15) is 0 Å². The van der Waals surface area contributed by atoms with Crippen molar-refractivity contribution in [2.45, 2.75) is 33.3 Å². The number of ether oxygens (including phenoxy) is 1. The topological polar surface area (TPSA) is 50.4 Å². The molecule has 0 aliphatic carbocycles. The van der Waals surface area contributed by atoms with Gasteiger partial charge < -0.3 is 15.4 Å². The minimum atomic E-state index is -0.100. The van der Waals surface area contributed by atoms with E-state index in [1.807, 2.05) is 45.0 Å². The normalized spacial score (nSPS) is 11.1. The molecule has 100 valence electrons. The second-order valence-corrected chi connectivity index (χ2v) is 5.15. The summed E-state index contributed by atoms with van der Waals surface area (Å²) in [5, 5.41) is 5.99. The fraction of sp³-hybridized carbons (Fsp3) is 0.500. The Morgan fingerprint density at radius 3 is 2.22 bits per heavy atom. The molecule has 0 aliphatic rings. The van der Waals surface area contributed by atoms with Crippen molar-refractivity contribution < 1.29 is 9.53 Å². The molecular formula is C14H22N2O2. The molecule has 0 saturated carbocycles. The number of carbonyl (C=O) groups excluding carboxylic acids is 1. The molecule has 0 bridgehead atoms. The van der Waals surface area contributed by atoms with Crippen LogP contribution in [0, 0.1) is 0 Å². The Balaban J connectivity index is 2.33. The highest BCUT2D eigenvalue weighted by atomic mass is 16.5. The highest BCUT2D eigenvalue weighted by Crippen LogP contribution is 2.13. The Labute approximate surface area is 109 Å². The monoisotopic (exact) mass is 250 g/mol. The van der Waals surface area contributed by atoms with Crippen molar-refractivity contribution in [3.8, 4) is 0 Å². The number of rotatable bonds is 5. The smallest absolute Gasteiger partial charge is 0.221 e. The van der Waals surface area contributed by atoms with Crippen molar-refractivity contribution in [3.63, 3.8) is 0 Å². The van der Waals surface area contributed by atoms with Gasteiger partial charge >= 0.3 is 0 Å². The quantitative estimate of drug-likeness (QED) is 0.790. The van der Waals surface area contributed by atoms with Crippen LogP contribution < -0.4 is 10.6 Å². The lowest BCUT2D eigenvalue weighted by atomic mass is 10.2. The SMILES string of the molecule is CC(=O)Nc1ccc(NCCOC(C)(C)C)cc1. The van der Waals surface area contributed by atoms with Crippen LogP contribution in [0.2, 0.25) is 0 Å². The molecule has 0 fully saturated rings. The van der Waals surface area contributed by atoms with Crippen molar-refractivity contribution in [3.05, 3.63) is 24.3 Å². The second-order valence-electron chi connectivity index (χ2n) is 5.15. The molecule has 2 N–H and O–H groups in total. The Bertz CT molecular complexity index is 380. The minimum Gasteiger partial charge on any atom is -0.383 e. The van der Waals surface area contributed by atoms with E-state index in [1.54, 1.807) is 0 Å². The molecular weight excluding hydrogens is 228 g/mol. The first-order valence-electron chi connectivity index (χ1n) is 6.12. The summed E-state index contributed by atoms with van der Waals surface area (Å²) in [7, 11) is 0. The number of hydrogen-bond acceptors (Lipinski definition) is 3. The summed E-state index contributed by atoms with van der Waals surface area (Å²) >= 11 is 0. The summed E-state index contributed by atoms with van der Waals surface area (Å²) in [6, 6.07) is 7.60. The van der Waals surface area contributed by atoms with Gasteiger partial charge in [-0.15, -0.1) is 0 Å². The van der Waals surface area contributed by atoms with Crippen molar-refractivity contribution >= 4 is 17.3 Å². The summed E-state index contributed by atoms with van der Waals surface area (Å²) in [4.78, 5) is 10.9. The molecule has 1 amide bonds. The summed E-state index contributed by atoms with van der Waals surface area (Å²) in [5.41, 5.74) is 1.72. The van der Waals surface area contributed by atoms with E-state index in [9.17, 15) is 4.79 Å². The number of carbonyl (C=O) groups is 1. The molecule has 0 saturated heterocycles. The maximum Gasteiger partial charge on any atom is 0.221 e. The Hall–Kier alpha value is -1.55. The van der Waals surface area contributed by atoms with Gasteiger partial charge in [0.25, 0.3) is 0 Å². The molecule has 0 atom stereocenters. The van der Waals surface area contributed by atoms with Crippen LogP contribution in [0.25, 0.3) is 0 Å². The van der Waals surface area contributed by atoms with Crippen LogP contribution in [-0.2, 0) is 9.53 Å². The summed E-state index contributed by atoms with van der Waals surface area (Å²) < 4.78 is 5.61. The zero-order valence-electron chi connectivity index (χ0n) is 11.5. The van der Waals surface area contributed by atoms with E-state index in [-0.39, 0.29) is 11.5 Å². The third-order valence-electron chi connectivity index (χ3n) is 2.17. The molecule has 0 heterocycles. The number of anilines is 2. The van der Waals surface area contributed by atoms with E-state index in [4.69, 9.17) is 4.74 Å². The van der Waals surface area contributed by atoms with Crippen LogP contribution in [0.4, 0.5) is 11.4 Å². The summed E-state index contributed by atoms with van der Waals surface area (Å²) in [5.74, 6) is -0.0608. The van der Waals surface area contributed by atoms with Crippen molar-refractivity contribution in [2.75, 3.05) is 23.8 Å². The largest absolute Gasteiger partial charge is 0.383 e. The van der Waals surface area contributed by atoms with E-state index < -0.39 is 0 Å². The predicted molar refractivity (Wildman–Crippen MR) is 74.9 cm³/mol. The Morgan fingerprint density at radius 2 is 1.72 bits per heavy atom. The molecule has 0 aromatic heterocycles. The summed E-state index contributed by atoms with van der Waals surface area (Å²) in [6.45, 7) is 9.03. The molecule has 1 rings (SSSR count). The van der Waals surface area contributed by atoms with Gasteiger partial charge in [0, 0.05) is 24.8 Å². The average molecular weight is 250 g/mol. The standard InChI is InChI=1S/C14H22N2O2/c1-11(17)16-13-7-5-12(6-8-13)15-9-10-18-14(2,3)4/h5-8,15H,9-10H2,1-4H3,(H,16,17). The van der Waals surface area contributed by atoms with Crippen molar-refractivity contribution in [2.24, 2.45) is 0 Å². The molecule has 0 spiro atoms. The van der Waals surface area contributed by atoms with Gasteiger partial charge in [-0.05, 0) is 45.0 Å². The van der Waals surface area contributed by atoms with Gasteiger partial charge in [-0.2, -0.15) is 0 Å². The molecule has 0 aliphatic heterocycles. The number of nitrogens with one attached hydrogen (secondary N) is 2. The molecule has 0 radical (unpaired) electrons. The van der Waals surface area contributed by atoms with Crippen molar-refractivity contribution in [1.82, 2.24) is 0 Å². The van der Waals surface area contributed by atoms with E-state index in [0.29, 0.717) is 6.61 Å². The first-order valence-corrected chi connectivity index (χ1v) is 6.12.